The van der Waals surface area contributed by atoms with Gasteiger partial charge in [-0.3, -0.25) is 4.68 Å². The number of aliphatic hydroxyl groups excluding tert-OH is 1. The van der Waals surface area contributed by atoms with Crippen molar-refractivity contribution in [2.75, 3.05) is 6.61 Å². The van der Waals surface area contributed by atoms with Crippen molar-refractivity contribution >= 4 is 10.0 Å². The number of hydrogen-bond donors (Lipinski definition) is 2. The Labute approximate surface area is 101 Å². The van der Waals surface area contributed by atoms with Gasteiger partial charge in [-0.1, -0.05) is 12.8 Å². The van der Waals surface area contributed by atoms with Gasteiger partial charge in [0.05, 0.1) is 18.3 Å². The molecule has 0 bridgehead atoms. The summed E-state index contributed by atoms with van der Waals surface area (Å²) in [6.45, 7) is -0.160. The van der Waals surface area contributed by atoms with Gasteiger partial charge >= 0.3 is 0 Å². The van der Waals surface area contributed by atoms with Crippen LogP contribution in [0.3, 0.4) is 0 Å². The molecule has 0 aromatic carbocycles. The second-order valence-electron chi connectivity index (χ2n) is 4.60. The van der Waals surface area contributed by atoms with Crippen LogP contribution in [0.4, 0.5) is 0 Å². The van der Waals surface area contributed by atoms with Gasteiger partial charge in [-0.15, -0.1) is 0 Å². The molecule has 1 saturated carbocycles. The number of rotatable bonds is 4. The SMILES string of the molecule is Cn1cc(S(=O)(=O)NC2(CO)CCCC2)cn1. The van der Waals surface area contributed by atoms with Crippen LogP contribution in [0.5, 0.6) is 0 Å². The third-order valence-electron chi connectivity index (χ3n) is 3.21. The summed E-state index contributed by atoms with van der Waals surface area (Å²) in [5.41, 5.74) is -0.686. The summed E-state index contributed by atoms with van der Waals surface area (Å²) in [7, 11) is -1.92. The molecule has 1 aromatic rings. The van der Waals surface area contributed by atoms with Crippen LogP contribution in [0.1, 0.15) is 25.7 Å². The van der Waals surface area contributed by atoms with Crippen molar-refractivity contribution < 1.29 is 13.5 Å². The van der Waals surface area contributed by atoms with Crippen molar-refractivity contribution in [2.45, 2.75) is 36.1 Å². The molecule has 0 unspecified atom stereocenters. The van der Waals surface area contributed by atoms with Crippen molar-refractivity contribution in [3.63, 3.8) is 0 Å². The molecule has 17 heavy (non-hydrogen) atoms. The fraction of sp³-hybridized carbons (Fsp3) is 0.700. The highest BCUT2D eigenvalue weighted by Gasteiger charge is 2.37. The molecule has 96 valence electrons. The number of aliphatic hydroxyl groups is 1. The van der Waals surface area contributed by atoms with Gasteiger partial charge in [0.25, 0.3) is 0 Å². The third-order valence-corrected chi connectivity index (χ3v) is 4.74. The minimum atomic E-state index is -3.59. The molecule has 7 heteroatoms. The number of aromatic nitrogens is 2. The summed E-state index contributed by atoms with van der Waals surface area (Å²) in [5.74, 6) is 0. The highest BCUT2D eigenvalue weighted by atomic mass is 32.2. The number of hydrogen-bond acceptors (Lipinski definition) is 4. The molecular formula is C10H17N3O3S. The zero-order valence-electron chi connectivity index (χ0n) is 9.76. The summed E-state index contributed by atoms with van der Waals surface area (Å²) in [5, 5.41) is 13.2. The van der Waals surface area contributed by atoms with E-state index in [2.05, 4.69) is 9.82 Å². The maximum absolute atomic E-state index is 12.1. The average molecular weight is 259 g/mol. The first-order valence-corrected chi connectivity index (χ1v) is 7.09. The topological polar surface area (TPSA) is 84.2 Å². The van der Waals surface area contributed by atoms with Crippen LogP contribution >= 0.6 is 0 Å². The van der Waals surface area contributed by atoms with E-state index in [1.54, 1.807) is 7.05 Å². The van der Waals surface area contributed by atoms with E-state index in [9.17, 15) is 13.5 Å². The molecule has 2 rings (SSSR count). The van der Waals surface area contributed by atoms with E-state index < -0.39 is 15.6 Å². The van der Waals surface area contributed by atoms with Gasteiger partial charge in [-0.25, -0.2) is 13.1 Å². The zero-order chi connectivity index (χ0) is 12.5. The van der Waals surface area contributed by atoms with E-state index in [0.717, 1.165) is 12.8 Å². The number of nitrogens with one attached hydrogen (secondary N) is 1. The molecule has 0 amide bonds. The van der Waals surface area contributed by atoms with Gasteiger partial charge in [0.15, 0.2) is 0 Å². The molecule has 1 aliphatic carbocycles. The first kappa shape index (κ1) is 12.5. The van der Waals surface area contributed by atoms with E-state index in [1.807, 2.05) is 0 Å². The summed E-state index contributed by atoms with van der Waals surface area (Å²) >= 11 is 0. The minimum Gasteiger partial charge on any atom is -0.394 e. The third kappa shape index (κ3) is 2.51. The first-order chi connectivity index (χ1) is 7.97. The maximum atomic E-state index is 12.1. The lowest BCUT2D eigenvalue weighted by Crippen LogP contribution is -2.48. The van der Waals surface area contributed by atoms with Gasteiger partial charge in [0.1, 0.15) is 4.90 Å². The van der Waals surface area contributed by atoms with E-state index in [4.69, 9.17) is 0 Å². The lowest BCUT2D eigenvalue weighted by Gasteiger charge is -2.27. The summed E-state index contributed by atoms with van der Waals surface area (Å²) in [6, 6.07) is 0. The van der Waals surface area contributed by atoms with Crippen molar-refractivity contribution in [1.82, 2.24) is 14.5 Å². The van der Waals surface area contributed by atoms with Gasteiger partial charge < -0.3 is 5.11 Å². The van der Waals surface area contributed by atoms with E-state index >= 15 is 0 Å². The van der Waals surface area contributed by atoms with Crippen LogP contribution in [0.2, 0.25) is 0 Å². The lowest BCUT2D eigenvalue weighted by atomic mass is 10.0. The van der Waals surface area contributed by atoms with Crippen LogP contribution < -0.4 is 4.72 Å². The van der Waals surface area contributed by atoms with E-state index in [-0.39, 0.29) is 11.5 Å². The molecule has 0 saturated heterocycles. The predicted octanol–water partition coefficient (Wildman–Crippen LogP) is 0.00350. The Bertz CT molecular complexity index is 489. The molecular weight excluding hydrogens is 242 g/mol. The van der Waals surface area contributed by atoms with Gasteiger partial charge in [-0.2, -0.15) is 5.10 Å². The highest BCUT2D eigenvalue weighted by molar-refractivity contribution is 7.89. The van der Waals surface area contributed by atoms with Gasteiger partial charge in [0.2, 0.25) is 10.0 Å². The minimum absolute atomic E-state index is 0.139. The smallest absolute Gasteiger partial charge is 0.244 e. The largest absolute Gasteiger partial charge is 0.394 e. The second kappa shape index (κ2) is 4.40. The molecule has 2 N–H and O–H groups in total. The molecule has 0 atom stereocenters. The Balaban J connectivity index is 2.22. The van der Waals surface area contributed by atoms with Gasteiger partial charge in [0, 0.05) is 13.2 Å². The molecule has 1 aliphatic rings. The number of sulfonamides is 1. The highest BCUT2D eigenvalue weighted by Crippen LogP contribution is 2.30. The van der Waals surface area contributed by atoms with Crippen molar-refractivity contribution in [3.8, 4) is 0 Å². The fourth-order valence-corrected chi connectivity index (χ4v) is 3.66. The summed E-state index contributed by atoms with van der Waals surface area (Å²) < 4.78 is 28.2. The van der Waals surface area contributed by atoms with Crippen LogP contribution in [-0.2, 0) is 17.1 Å². The monoisotopic (exact) mass is 259 g/mol. The molecule has 1 aromatic heterocycles. The normalized spacial score (nSPS) is 19.6. The molecule has 6 nitrogen and oxygen atoms in total. The quantitative estimate of drug-likeness (QED) is 0.797. The first-order valence-electron chi connectivity index (χ1n) is 5.61. The Morgan fingerprint density at radius 1 is 1.53 bits per heavy atom. The zero-order valence-corrected chi connectivity index (χ0v) is 10.6. The standard InChI is InChI=1S/C10H17N3O3S/c1-13-7-9(6-11-13)17(15,16)12-10(8-14)4-2-3-5-10/h6-7,12,14H,2-5,8H2,1H3. The van der Waals surface area contributed by atoms with Crippen molar-refractivity contribution in [1.29, 1.82) is 0 Å². The molecule has 0 aliphatic heterocycles. The molecule has 0 radical (unpaired) electrons. The Kier molecular flexibility index (Phi) is 3.24. The average Bonchev–Trinajstić information content (AvgIpc) is 2.87. The Morgan fingerprint density at radius 3 is 2.65 bits per heavy atom. The van der Waals surface area contributed by atoms with Crippen LogP contribution in [-0.4, -0.2) is 35.5 Å². The van der Waals surface area contributed by atoms with Crippen LogP contribution in [0, 0.1) is 0 Å². The second-order valence-corrected chi connectivity index (χ2v) is 6.28. The fourth-order valence-electron chi connectivity index (χ4n) is 2.23. The maximum Gasteiger partial charge on any atom is 0.244 e. The molecule has 1 heterocycles. The van der Waals surface area contributed by atoms with Crippen molar-refractivity contribution in [2.24, 2.45) is 7.05 Å². The van der Waals surface area contributed by atoms with Crippen LogP contribution in [0.15, 0.2) is 17.3 Å². The Hall–Kier alpha value is -0.920. The lowest BCUT2D eigenvalue weighted by molar-refractivity contribution is 0.185. The summed E-state index contributed by atoms with van der Waals surface area (Å²) in [4.78, 5) is 0.139. The van der Waals surface area contributed by atoms with E-state index in [0.29, 0.717) is 12.8 Å². The molecule has 0 spiro atoms. The Morgan fingerprint density at radius 2 is 2.18 bits per heavy atom. The van der Waals surface area contributed by atoms with Crippen LogP contribution in [0.25, 0.3) is 0 Å². The van der Waals surface area contributed by atoms with E-state index in [1.165, 1.54) is 17.1 Å². The predicted molar refractivity (Wildman–Crippen MR) is 61.8 cm³/mol. The number of aryl methyl sites for hydroxylation is 1. The number of nitrogens with zero attached hydrogens (tertiary/aromatic N) is 2. The molecule has 1 fully saturated rings. The summed E-state index contributed by atoms with van der Waals surface area (Å²) in [6.07, 6.45) is 6.00. The van der Waals surface area contributed by atoms with Crippen molar-refractivity contribution in [3.05, 3.63) is 12.4 Å². The van der Waals surface area contributed by atoms with Gasteiger partial charge in [-0.05, 0) is 12.8 Å².